The van der Waals surface area contributed by atoms with Gasteiger partial charge in [-0.1, -0.05) is 58.5 Å². The van der Waals surface area contributed by atoms with E-state index in [1.54, 1.807) is 41.3 Å². The summed E-state index contributed by atoms with van der Waals surface area (Å²) in [5.41, 5.74) is 6.79. The third-order valence-corrected chi connectivity index (χ3v) is 7.58. The molecule has 1 saturated heterocycles. The van der Waals surface area contributed by atoms with Crippen LogP contribution in [-0.2, 0) is 21.4 Å². The molecule has 1 aliphatic carbocycles. The van der Waals surface area contributed by atoms with Gasteiger partial charge in [0.1, 0.15) is 6.04 Å². The quantitative estimate of drug-likeness (QED) is 0.553. The lowest BCUT2D eigenvalue weighted by atomic mass is 9.93. The maximum atomic E-state index is 13.5. The van der Waals surface area contributed by atoms with Crippen molar-refractivity contribution in [3.8, 4) is 0 Å². The molecule has 2 atom stereocenters. The van der Waals surface area contributed by atoms with Crippen molar-refractivity contribution in [2.75, 3.05) is 13.1 Å². The number of hydrogen-bond acceptors (Lipinski definition) is 3. The van der Waals surface area contributed by atoms with Crippen LogP contribution in [-0.4, -0.2) is 41.9 Å². The van der Waals surface area contributed by atoms with Crippen LogP contribution in [0.1, 0.15) is 36.8 Å². The standard InChI is InChI=1S/C24H25Cl4N3O2/c25-15-4-3-14(19(27)11-15)10-21(22(32)31-9-1-2-17(29)13-31)30-23(33)24(7-8-24)18-6-5-16(26)12-20(18)28/h3-6,11-12,17,21H,1-2,7-10,13,29H2,(H,30,33)/t17-,21-/m0/s1. The van der Waals surface area contributed by atoms with Gasteiger partial charge in [-0.3, -0.25) is 9.59 Å². The molecule has 1 aliphatic heterocycles. The Morgan fingerprint density at radius 3 is 2.33 bits per heavy atom. The Bertz CT molecular complexity index is 1070. The molecule has 176 valence electrons. The number of carbonyl (C=O) groups is 2. The van der Waals surface area contributed by atoms with E-state index in [0.29, 0.717) is 46.0 Å². The third kappa shape index (κ3) is 5.44. The summed E-state index contributed by atoms with van der Waals surface area (Å²) in [5.74, 6) is -0.390. The topological polar surface area (TPSA) is 75.4 Å². The smallest absolute Gasteiger partial charge is 0.245 e. The Morgan fingerprint density at radius 1 is 1.06 bits per heavy atom. The summed E-state index contributed by atoms with van der Waals surface area (Å²) in [5, 5.41) is 4.92. The Morgan fingerprint density at radius 2 is 1.73 bits per heavy atom. The van der Waals surface area contributed by atoms with Gasteiger partial charge in [-0.2, -0.15) is 0 Å². The summed E-state index contributed by atoms with van der Waals surface area (Å²) in [4.78, 5) is 28.7. The molecule has 4 rings (SSSR count). The minimum atomic E-state index is -0.787. The predicted octanol–water partition coefficient (Wildman–Crippen LogP) is 5.01. The van der Waals surface area contributed by atoms with Crippen molar-refractivity contribution < 1.29 is 9.59 Å². The summed E-state index contributed by atoms with van der Waals surface area (Å²) < 4.78 is 0. The second-order valence-electron chi connectivity index (χ2n) is 8.86. The van der Waals surface area contributed by atoms with Crippen LogP contribution in [0.25, 0.3) is 0 Å². The number of nitrogens with zero attached hydrogens (tertiary/aromatic N) is 1. The Hall–Kier alpha value is -1.50. The second kappa shape index (κ2) is 10.0. The van der Waals surface area contributed by atoms with E-state index in [-0.39, 0.29) is 24.3 Å². The monoisotopic (exact) mass is 527 g/mol. The molecule has 2 aliphatic rings. The van der Waals surface area contributed by atoms with E-state index in [1.165, 1.54) is 0 Å². The first-order chi connectivity index (χ1) is 15.7. The zero-order valence-electron chi connectivity index (χ0n) is 17.9. The van der Waals surface area contributed by atoms with Gasteiger partial charge in [-0.05, 0) is 61.1 Å². The summed E-state index contributed by atoms with van der Waals surface area (Å²) in [6.07, 6.45) is 3.26. The molecule has 0 unspecified atom stereocenters. The highest BCUT2D eigenvalue weighted by molar-refractivity contribution is 6.35. The van der Waals surface area contributed by atoms with Crippen molar-refractivity contribution in [3.05, 3.63) is 67.6 Å². The lowest BCUT2D eigenvalue weighted by molar-refractivity contribution is -0.138. The van der Waals surface area contributed by atoms with Crippen LogP contribution < -0.4 is 11.1 Å². The van der Waals surface area contributed by atoms with Crippen LogP contribution in [0.2, 0.25) is 20.1 Å². The highest BCUT2D eigenvalue weighted by atomic mass is 35.5. The number of nitrogens with two attached hydrogens (primary N) is 1. The van der Waals surface area contributed by atoms with Crippen molar-refractivity contribution in [2.24, 2.45) is 5.73 Å². The van der Waals surface area contributed by atoms with Gasteiger partial charge in [0.2, 0.25) is 11.8 Å². The number of carbonyl (C=O) groups excluding carboxylic acids is 2. The highest BCUT2D eigenvalue weighted by Crippen LogP contribution is 2.51. The molecule has 1 heterocycles. The number of rotatable bonds is 6. The largest absolute Gasteiger partial charge is 0.343 e. The number of halogens is 4. The number of hydrogen-bond donors (Lipinski definition) is 2. The van der Waals surface area contributed by atoms with Crippen molar-refractivity contribution in [1.29, 1.82) is 0 Å². The number of amides is 2. The van der Waals surface area contributed by atoms with E-state index in [1.807, 2.05) is 0 Å². The summed E-state index contributed by atoms with van der Waals surface area (Å²) >= 11 is 24.9. The zero-order valence-corrected chi connectivity index (χ0v) is 20.9. The maximum Gasteiger partial charge on any atom is 0.245 e. The van der Waals surface area contributed by atoms with Gasteiger partial charge in [0.15, 0.2) is 0 Å². The molecule has 1 saturated carbocycles. The van der Waals surface area contributed by atoms with E-state index in [4.69, 9.17) is 52.1 Å². The molecule has 0 radical (unpaired) electrons. The van der Waals surface area contributed by atoms with E-state index in [2.05, 4.69) is 5.32 Å². The lowest BCUT2D eigenvalue weighted by Gasteiger charge is -2.34. The van der Waals surface area contributed by atoms with Crippen molar-refractivity contribution in [1.82, 2.24) is 10.2 Å². The summed E-state index contributed by atoms with van der Waals surface area (Å²) in [6.45, 7) is 1.08. The van der Waals surface area contributed by atoms with E-state index in [9.17, 15) is 9.59 Å². The fourth-order valence-corrected chi connectivity index (χ4v) is 5.53. The maximum absolute atomic E-state index is 13.5. The fraction of sp³-hybridized carbons (Fsp3) is 0.417. The van der Waals surface area contributed by atoms with Gasteiger partial charge < -0.3 is 16.0 Å². The van der Waals surface area contributed by atoms with Crippen molar-refractivity contribution in [2.45, 2.75) is 49.6 Å². The molecule has 33 heavy (non-hydrogen) atoms. The minimum Gasteiger partial charge on any atom is -0.343 e. The first-order valence-corrected chi connectivity index (χ1v) is 12.5. The average molecular weight is 529 g/mol. The minimum absolute atomic E-state index is 0.0687. The molecule has 2 aromatic rings. The molecule has 2 aromatic carbocycles. The van der Waals surface area contributed by atoms with E-state index < -0.39 is 11.5 Å². The lowest BCUT2D eigenvalue weighted by Crippen LogP contribution is -2.55. The SMILES string of the molecule is N[C@H]1CCCN(C(=O)[C@H](Cc2ccc(Cl)cc2Cl)NC(=O)C2(c3ccc(Cl)cc3Cl)CC2)C1. The molecule has 0 aromatic heterocycles. The van der Waals surface area contributed by atoms with Crippen LogP contribution >= 0.6 is 46.4 Å². The summed E-state index contributed by atoms with van der Waals surface area (Å²) in [7, 11) is 0. The van der Waals surface area contributed by atoms with Crippen LogP contribution in [0.15, 0.2) is 36.4 Å². The summed E-state index contributed by atoms with van der Waals surface area (Å²) in [6, 6.07) is 9.42. The molecule has 2 amide bonds. The Kier molecular flexibility index (Phi) is 7.47. The molecule has 0 spiro atoms. The van der Waals surface area contributed by atoms with E-state index >= 15 is 0 Å². The van der Waals surface area contributed by atoms with Crippen molar-refractivity contribution >= 4 is 58.2 Å². The first-order valence-electron chi connectivity index (χ1n) is 10.9. The van der Waals surface area contributed by atoms with Crippen LogP contribution in [0.4, 0.5) is 0 Å². The van der Waals surface area contributed by atoms with E-state index in [0.717, 1.165) is 24.0 Å². The predicted molar refractivity (Wildman–Crippen MR) is 133 cm³/mol. The Labute approximate surface area is 213 Å². The van der Waals surface area contributed by atoms with Crippen LogP contribution in [0.5, 0.6) is 0 Å². The molecule has 0 bridgehead atoms. The van der Waals surface area contributed by atoms with Gasteiger partial charge in [0.25, 0.3) is 0 Å². The first kappa shape index (κ1) is 24.6. The molecular weight excluding hydrogens is 504 g/mol. The van der Waals surface area contributed by atoms with Gasteiger partial charge in [0, 0.05) is 45.6 Å². The second-order valence-corrected chi connectivity index (χ2v) is 10.5. The molecule has 5 nitrogen and oxygen atoms in total. The molecular formula is C24H25Cl4N3O2. The van der Waals surface area contributed by atoms with Gasteiger partial charge in [0.05, 0.1) is 5.41 Å². The third-order valence-electron chi connectivity index (χ3n) is 6.44. The number of benzene rings is 2. The Balaban J connectivity index is 1.60. The normalized spacial score (nSPS) is 20.3. The van der Waals surface area contributed by atoms with Crippen LogP contribution in [0, 0.1) is 0 Å². The van der Waals surface area contributed by atoms with Gasteiger partial charge >= 0.3 is 0 Å². The number of likely N-dealkylation sites (tertiary alicyclic amines) is 1. The zero-order chi connectivity index (χ0) is 23.8. The number of piperidine rings is 1. The fourth-order valence-electron chi connectivity index (χ4n) is 4.46. The average Bonchev–Trinajstić information content (AvgIpc) is 3.56. The number of nitrogens with one attached hydrogen (secondary N) is 1. The van der Waals surface area contributed by atoms with Crippen LogP contribution in [0.3, 0.4) is 0 Å². The molecule has 2 fully saturated rings. The van der Waals surface area contributed by atoms with Gasteiger partial charge in [-0.25, -0.2) is 0 Å². The van der Waals surface area contributed by atoms with Crippen molar-refractivity contribution in [3.63, 3.8) is 0 Å². The molecule has 3 N–H and O–H groups in total. The molecule has 9 heteroatoms. The highest BCUT2D eigenvalue weighted by Gasteiger charge is 2.53. The van der Waals surface area contributed by atoms with Gasteiger partial charge in [-0.15, -0.1) is 0 Å².